The number of hydrogen-bond donors (Lipinski definition) is 4. The van der Waals surface area contributed by atoms with Gasteiger partial charge in [0.15, 0.2) is 5.84 Å². The minimum absolute atomic E-state index is 0.260. The van der Waals surface area contributed by atoms with Gasteiger partial charge in [0, 0.05) is 5.69 Å². The number of nitrogens with one attached hydrogen (secondary N) is 3. The predicted molar refractivity (Wildman–Crippen MR) is 98.9 cm³/mol. The van der Waals surface area contributed by atoms with Crippen molar-refractivity contribution in [2.45, 2.75) is 13.8 Å². The summed E-state index contributed by atoms with van der Waals surface area (Å²) < 4.78 is 0. The highest BCUT2D eigenvalue weighted by atomic mass is 16.1. The summed E-state index contributed by atoms with van der Waals surface area (Å²) in [5, 5.41) is 22.8. The van der Waals surface area contributed by atoms with Crippen LogP contribution in [0.4, 0.5) is 11.4 Å². The van der Waals surface area contributed by atoms with E-state index in [1.54, 1.807) is 30.3 Å². The van der Waals surface area contributed by atoms with Crippen molar-refractivity contribution in [3.05, 3.63) is 59.2 Å². The first-order chi connectivity index (χ1) is 11.9. The standard InChI is InChI=1S/C18H18N6O/c1-11-7-8-12(2)15(9-11)22-18(25)13-5-3-4-6-14(13)23-24-16(10-19)17(20)21/h3-9,23H,1-2H3,(H3,20,21)(H,22,25)/b24-16+. The molecule has 0 saturated heterocycles. The first-order valence-corrected chi connectivity index (χ1v) is 7.48. The minimum Gasteiger partial charge on any atom is -0.382 e. The van der Waals surface area contributed by atoms with Crippen LogP contribution in [0.1, 0.15) is 21.5 Å². The molecule has 25 heavy (non-hydrogen) atoms. The smallest absolute Gasteiger partial charge is 0.257 e. The number of rotatable bonds is 5. The molecule has 0 atom stereocenters. The highest BCUT2D eigenvalue weighted by Gasteiger charge is 2.12. The lowest BCUT2D eigenvalue weighted by Crippen LogP contribution is -2.22. The lowest BCUT2D eigenvalue weighted by Gasteiger charge is -2.12. The maximum atomic E-state index is 12.6. The molecule has 0 aliphatic heterocycles. The number of nitrogens with two attached hydrogens (primary N) is 1. The van der Waals surface area contributed by atoms with Gasteiger partial charge in [-0.25, -0.2) is 0 Å². The molecule has 7 nitrogen and oxygen atoms in total. The first kappa shape index (κ1) is 17.7. The van der Waals surface area contributed by atoms with Crippen LogP contribution in [0.15, 0.2) is 47.6 Å². The van der Waals surface area contributed by atoms with Crippen molar-refractivity contribution >= 4 is 28.8 Å². The summed E-state index contributed by atoms with van der Waals surface area (Å²) in [7, 11) is 0. The van der Waals surface area contributed by atoms with Crippen LogP contribution >= 0.6 is 0 Å². The molecule has 0 aromatic heterocycles. The van der Waals surface area contributed by atoms with E-state index in [0.717, 1.165) is 16.8 Å². The van der Waals surface area contributed by atoms with E-state index in [-0.39, 0.29) is 11.6 Å². The van der Waals surface area contributed by atoms with Gasteiger partial charge in [0.05, 0.1) is 11.3 Å². The third-order valence-electron chi connectivity index (χ3n) is 3.46. The molecule has 5 N–H and O–H groups in total. The summed E-state index contributed by atoms with van der Waals surface area (Å²) >= 11 is 0. The number of aryl methyl sites for hydroxylation is 2. The number of benzene rings is 2. The van der Waals surface area contributed by atoms with Crippen molar-refractivity contribution in [3.8, 4) is 6.07 Å². The molecule has 2 aromatic rings. The molecule has 1 amide bonds. The van der Waals surface area contributed by atoms with E-state index in [0.29, 0.717) is 11.3 Å². The number of nitrogens with zero attached hydrogens (tertiary/aromatic N) is 2. The van der Waals surface area contributed by atoms with Gasteiger partial charge >= 0.3 is 0 Å². The molecule has 0 saturated carbocycles. The van der Waals surface area contributed by atoms with Crippen molar-refractivity contribution in [2.24, 2.45) is 10.8 Å². The zero-order valence-corrected chi connectivity index (χ0v) is 13.9. The fourth-order valence-corrected chi connectivity index (χ4v) is 2.10. The van der Waals surface area contributed by atoms with E-state index < -0.39 is 5.84 Å². The number of carbonyl (C=O) groups is 1. The molecule has 0 bridgehead atoms. The first-order valence-electron chi connectivity index (χ1n) is 7.48. The van der Waals surface area contributed by atoms with Gasteiger partial charge in [-0.3, -0.25) is 15.6 Å². The van der Waals surface area contributed by atoms with Crippen molar-refractivity contribution in [3.63, 3.8) is 0 Å². The largest absolute Gasteiger partial charge is 0.382 e. The summed E-state index contributed by atoms with van der Waals surface area (Å²) in [6, 6.07) is 14.3. The van der Waals surface area contributed by atoms with Gasteiger partial charge in [0.2, 0.25) is 5.71 Å². The third kappa shape index (κ3) is 4.42. The van der Waals surface area contributed by atoms with Crippen LogP contribution in [0.25, 0.3) is 0 Å². The van der Waals surface area contributed by atoms with Gasteiger partial charge in [0.25, 0.3) is 5.91 Å². The number of hydrazone groups is 1. The number of para-hydroxylation sites is 1. The van der Waals surface area contributed by atoms with Crippen molar-refractivity contribution in [1.29, 1.82) is 10.7 Å². The van der Waals surface area contributed by atoms with Crippen LogP contribution in [0.2, 0.25) is 0 Å². The van der Waals surface area contributed by atoms with Crippen LogP contribution < -0.4 is 16.5 Å². The highest BCUT2D eigenvalue weighted by Crippen LogP contribution is 2.20. The van der Waals surface area contributed by atoms with Crippen LogP contribution in [-0.2, 0) is 0 Å². The molecular weight excluding hydrogens is 316 g/mol. The number of amides is 1. The number of anilines is 2. The number of nitriles is 1. The second kappa shape index (κ2) is 7.75. The third-order valence-corrected chi connectivity index (χ3v) is 3.46. The van der Waals surface area contributed by atoms with E-state index in [1.165, 1.54) is 0 Å². The van der Waals surface area contributed by atoms with Gasteiger partial charge in [-0.05, 0) is 43.2 Å². The monoisotopic (exact) mass is 334 g/mol. The van der Waals surface area contributed by atoms with Gasteiger partial charge in [-0.2, -0.15) is 10.4 Å². The Kier molecular flexibility index (Phi) is 5.48. The van der Waals surface area contributed by atoms with Crippen molar-refractivity contribution in [1.82, 2.24) is 0 Å². The SMILES string of the molecule is Cc1ccc(C)c(NC(=O)c2ccccc2N/N=C(\C#N)C(=N)N)c1. The highest BCUT2D eigenvalue weighted by molar-refractivity contribution is 6.45. The van der Waals surface area contributed by atoms with Crippen LogP contribution in [0.3, 0.4) is 0 Å². The maximum Gasteiger partial charge on any atom is 0.257 e. The lowest BCUT2D eigenvalue weighted by atomic mass is 10.1. The van der Waals surface area contributed by atoms with Crippen molar-refractivity contribution < 1.29 is 4.79 Å². The molecule has 7 heteroatoms. The molecule has 0 fully saturated rings. The molecule has 0 spiro atoms. The second-order valence-electron chi connectivity index (χ2n) is 5.42. The van der Waals surface area contributed by atoms with E-state index in [2.05, 4.69) is 15.8 Å². The average Bonchev–Trinajstić information content (AvgIpc) is 2.58. The van der Waals surface area contributed by atoms with Gasteiger partial charge in [-0.1, -0.05) is 24.3 Å². The zero-order chi connectivity index (χ0) is 18.4. The summed E-state index contributed by atoms with van der Waals surface area (Å²) in [5.74, 6) is -0.763. The summed E-state index contributed by atoms with van der Waals surface area (Å²) in [4.78, 5) is 12.6. The molecule has 0 aliphatic rings. The fourth-order valence-electron chi connectivity index (χ4n) is 2.10. The maximum absolute atomic E-state index is 12.6. The van der Waals surface area contributed by atoms with Gasteiger partial charge in [-0.15, -0.1) is 0 Å². The normalized spacial score (nSPS) is 10.7. The Hall–Kier alpha value is -3.66. The number of amidine groups is 1. The van der Waals surface area contributed by atoms with E-state index in [4.69, 9.17) is 16.4 Å². The Balaban J connectivity index is 2.28. The lowest BCUT2D eigenvalue weighted by molar-refractivity contribution is 0.102. The fraction of sp³-hybridized carbons (Fsp3) is 0.111. The van der Waals surface area contributed by atoms with Crippen molar-refractivity contribution in [2.75, 3.05) is 10.7 Å². The summed E-state index contributed by atoms with van der Waals surface area (Å²) in [6.07, 6.45) is 0. The second-order valence-corrected chi connectivity index (χ2v) is 5.42. The summed E-state index contributed by atoms with van der Waals surface area (Å²) in [6.45, 7) is 3.86. The van der Waals surface area contributed by atoms with Gasteiger partial charge in [0.1, 0.15) is 6.07 Å². The number of hydrogen-bond acceptors (Lipinski definition) is 5. The quantitative estimate of drug-likeness (QED) is 0.381. The van der Waals surface area contributed by atoms with E-state index >= 15 is 0 Å². The Morgan fingerprint density at radius 3 is 2.60 bits per heavy atom. The molecule has 2 rings (SSSR count). The van der Waals surface area contributed by atoms with Crippen LogP contribution in [-0.4, -0.2) is 17.5 Å². The molecule has 0 aliphatic carbocycles. The Labute approximate surface area is 145 Å². The minimum atomic E-state index is -0.452. The number of carbonyl (C=O) groups excluding carboxylic acids is 1. The molecule has 0 radical (unpaired) electrons. The molecular formula is C18H18N6O. The topological polar surface area (TPSA) is 127 Å². The van der Waals surface area contributed by atoms with Crippen LogP contribution in [0.5, 0.6) is 0 Å². The Bertz CT molecular complexity index is 895. The summed E-state index contributed by atoms with van der Waals surface area (Å²) in [5.41, 5.74) is 11.1. The Morgan fingerprint density at radius 1 is 1.20 bits per heavy atom. The van der Waals surface area contributed by atoms with Gasteiger partial charge < -0.3 is 11.1 Å². The van der Waals surface area contributed by atoms with E-state index in [9.17, 15) is 4.79 Å². The van der Waals surface area contributed by atoms with E-state index in [1.807, 2.05) is 32.0 Å². The molecule has 0 heterocycles. The predicted octanol–water partition coefficient (Wildman–Crippen LogP) is 2.78. The van der Waals surface area contributed by atoms with Crippen LogP contribution in [0, 0.1) is 30.6 Å². The molecule has 2 aromatic carbocycles. The molecule has 0 unspecified atom stereocenters. The molecule has 126 valence electrons. The Morgan fingerprint density at radius 2 is 1.92 bits per heavy atom. The zero-order valence-electron chi connectivity index (χ0n) is 13.9. The average molecular weight is 334 g/mol.